The van der Waals surface area contributed by atoms with Crippen LogP contribution in [0.1, 0.15) is 46.0 Å². The van der Waals surface area contributed by atoms with E-state index in [9.17, 15) is 0 Å². The predicted molar refractivity (Wildman–Crippen MR) is 77.2 cm³/mol. The molecule has 0 unspecified atom stereocenters. The SMILES string of the molecule is COc1cc(NCCCCCCC(C)C)ccn1. The summed E-state index contributed by atoms with van der Waals surface area (Å²) in [7, 11) is 1.64. The molecule has 1 heterocycles. The van der Waals surface area contributed by atoms with E-state index >= 15 is 0 Å². The summed E-state index contributed by atoms with van der Waals surface area (Å²) in [5.41, 5.74) is 1.09. The lowest BCUT2D eigenvalue weighted by Crippen LogP contribution is -2.02. The predicted octanol–water partition coefficient (Wildman–Crippen LogP) is 4.11. The van der Waals surface area contributed by atoms with Gasteiger partial charge in [-0.1, -0.05) is 39.5 Å². The standard InChI is InChI=1S/C15H26N2O/c1-13(2)8-6-4-5-7-10-16-14-9-11-17-15(12-14)18-3/h9,11-13H,4-8,10H2,1-3H3,(H,16,17). The first kappa shape index (κ1) is 14.8. The Morgan fingerprint density at radius 3 is 2.72 bits per heavy atom. The number of anilines is 1. The number of hydrogen-bond acceptors (Lipinski definition) is 3. The van der Waals surface area contributed by atoms with Crippen LogP contribution in [0.3, 0.4) is 0 Å². The van der Waals surface area contributed by atoms with E-state index in [1.54, 1.807) is 13.3 Å². The molecule has 0 aliphatic heterocycles. The minimum atomic E-state index is 0.664. The number of hydrogen-bond donors (Lipinski definition) is 1. The van der Waals surface area contributed by atoms with Crippen molar-refractivity contribution in [3.63, 3.8) is 0 Å². The van der Waals surface area contributed by atoms with Gasteiger partial charge in [-0.15, -0.1) is 0 Å². The Balaban J connectivity index is 2.06. The van der Waals surface area contributed by atoms with Gasteiger partial charge in [0, 0.05) is 24.5 Å². The van der Waals surface area contributed by atoms with Gasteiger partial charge in [0.05, 0.1) is 7.11 Å². The Bertz CT molecular complexity index is 326. The maximum Gasteiger partial charge on any atom is 0.214 e. The fourth-order valence-corrected chi connectivity index (χ4v) is 1.89. The summed E-state index contributed by atoms with van der Waals surface area (Å²) in [6, 6.07) is 3.90. The van der Waals surface area contributed by atoms with Crippen LogP contribution in [0.5, 0.6) is 5.88 Å². The fourth-order valence-electron chi connectivity index (χ4n) is 1.89. The second-order valence-electron chi connectivity index (χ2n) is 5.11. The summed E-state index contributed by atoms with van der Waals surface area (Å²) in [4.78, 5) is 4.08. The molecule has 0 atom stereocenters. The zero-order valence-electron chi connectivity index (χ0n) is 11.9. The largest absolute Gasteiger partial charge is 0.481 e. The van der Waals surface area contributed by atoms with Crippen LogP contribution in [-0.2, 0) is 0 Å². The van der Waals surface area contributed by atoms with Gasteiger partial charge in [0.25, 0.3) is 0 Å². The lowest BCUT2D eigenvalue weighted by atomic mass is 10.0. The average Bonchev–Trinajstić information content (AvgIpc) is 2.37. The van der Waals surface area contributed by atoms with Crippen LogP contribution in [0.2, 0.25) is 0 Å². The second-order valence-corrected chi connectivity index (χ2v) is 5.11. The Morgan fingerprint density at radius 2 is 2.00 bits per heavy atom. The van der Waals surface area contributed by atoms with E-state index in [0.717, 1.165) is 18.2 Å². The monoisotopic (exact) mass is 250 g/mol. The van der Waals surface area contributed by atoms with Gasteiger partial charge < -0.3 is 10.1 Å². The first-order chi connectivity index (χ1) is 8.72. The molecular formula is C15H26N2O. The zero-order chi connectivity index (χ0) is 13.2. The quantitative estimate of drug-likeness (QED) is 0.670. The van der Waals surface area contributed by atoms with Gasteiger partial charge in [-0.25, -0.2) is 4.98 Å². The van der Waals surface area contributed by atoms with Crippen LogP contribution in [0.4, 0.5) is 5.69 Å². The molecule has 0 radical (unpaired) electrons. The van der Waals surface area contributed by atoms with Crippen LogP contribution < -0.4 is 10.1 Å². The molecule has 0 spiro atoms. The smallest absolute Gasteiger partial charge is 0.214 e. The van der Waals surface area contributed by atoms with Gasteiger partial charge >= 0.3 is 0 Å². The first-order valence-electron chi connectivity index (χ1n) is 6.96. The molecular weight excluding hydrogens is 224 g/mol. The topological polar surface area (TPSA) is 34.1 Å². The van der Waals surface area contributed by atoms with E-state index in [4.69, 9.17) is 4.74 Å². The maximum absolute atomic E-state index is 5.09. The van der Waals surface area contributed by atoms with Crippen LogP contribution in [-0.4, -0.2) is 18.6 Å². The Morgan fingerprint density at radius 1 is 1.22 bits per heavy atom. The van der Waals surface area contributed by atoms with E-state index in [0.29, 0.717) is 5.88 Å². The highest BCUT2D eigenvalue weighted by molar-refractivity contribution is 5.44. The highest BCUT2D eigenvalue weighted by Gasteiger charge is 1.97. The Hall–Kier alpha value is -1.25. The van der Waals surface area contributed by atoms with Crippen molar-refractivity contribution >= 4 is 5.69 Å². The van der Waals surface area contributed by atoms with Crippen molar-refractivity contribution in [2.45, 2.75) is 46.0 Å². The third kappa shape index (κ3) is 6.48. The van der Waals surface area contributed by atoms with E-state index in [1.807, 2.05) is 12.1 Å². The summed E-state index contributed by atoms with van der Waals surface area (Å²) in [5, 5.41) is 3.40. The van der Waals surface area contributed by atoms with Crippen molar-refractivity contribution < 1.29 is 4.74 Å². The summed E-state index contributed by atoms with van der Waals surface area (Å²) in [5.74, 6) is 1.50. The summed E-state index contributed by atoms with van der Waals surface area (Å²) in [6.45, 7) is 5.60. The molecule has 0 aliphatic rings. The van der Waals surface area contributed by atoms with Crippen molar-refractivity contribution in [3.05, 3.63) is 18.3 Å². The van der Waals surface area contributed by atoms with Crippen molar-refractivity contribution in [2.75, 3.05) is 19.0 Å². The lowest BCUT2D eigenvalue weighted by Gasteiger charge is -2.07. The number of nitrogens with zero attached hydrogens (tertiary/aromatic N) is 1. The number of pyridine rings is 1. The van der Waals surface area contributed by atoms with Crippen LogP contribution >= 0.6 is 0 Å². The molecule has 1 N–H and O–H groups in total. The van der Waals surface area contributed by atoms with Crippen LogP contribution in [0.25, 0.3) is 0 Å². The van der Waals surface area contributed by atoms with E-state index in [2.05, 4.69) is 24.1 Å². The number of rotatable bonds is 9. The molecule has 0 amide bonds. The van der Waals surface area contributed by atoms with Crippen molar-refractivity contribution in [1.82, 2.24) is 4.98 Å². The van der Waals surface area contributed by atoms with Gasteiger partial charge in [0.1, 0.15) is 0 Å². The summed E-state index contributed by atoms with van der Waals surface area (Å²) < 4.78 is 5.09. The molecule has 1 aromatic heterocycles. The number of ether oxygens (including phenoxy) is 1. The molecule has 0 aromatic carbocycles. The molecule has 0 fully saturated rings. The highest BCUT2D eigenvalue weighted by atomic mass is 16.5. The van der Waals surface area contributed by atoms with Gasteiger partial charge in [0.15, 0.2) is 0 Å². The molecule has 1 rings (SSSR count). The molecule has 102 valence electrons. The highest BCUT2D eigenvalue weighted by Crippen LogP contribution is 2.14. The minimum Gasteiger partial charge on any atom is -0.481 e. The molecule has 0 aliphatic carbocycles. The lowest BCUT2D eigenvalue weighted by molar-refractivity contribution is 0.398. The second kappa shape index (κ2) is 8.78. The zero-order valence-corrected chi connectivity index (χ0v) is 11.9. The fraction of sp³-hybridized carbons (Fsp3) is 0.667. The Labute approximate surface area is 111 Å². The average molecular weight is 250 g/mol. The molecule has 3 nitrogen and oxygen atoms in total. The number of unbranched alkanes of at least 4 members (excludes halogenated alkanes) is 3. The third-order valence-electron chi connectivity index (χ3n) is 2.98. The molecule has 1 aromatic rings. The molecule has 18 heavy (non-hydrogen) atoms. The normalized spacial score (nSPS) is 10.7. The van der Waals surface area contributed by atoms with E-state index < -0.39 is 0 Å². The first-order valence-corrected chi connectivity index (χ1v) is 6.96. The van der Waals surface area contributed by atoms with Crippen molar-refractivity contribution in [1.29, 1.82) is 0 Å². The minimum absolute atomic E-state index is 0.664. The van der Waals surface area contributed by atoms with Gasteiger partial charge in [0.2, 0.25) is 5.88 Å². The Kier molecular flexibility index (Phi) is 7.23. The van der Waals surface area contributed by atoms with E-state index in [-0.39, 0.29) is 0 Å². The number of methoxy groups -OCH3 is 1. The van der Waals surface area contributed by atoms with Gasteiger partial charge in [-0.05, 0) is 18.4 Å². The van der Waals surface area contributed by atoms with Crippen molar-refractivity contribution in [3.8, 4) is 5.88 Å². The van der Waals surface area contributed by atoms with E-state index in [1.165, 1.54) is 32.1 Å². The third-order valence-corrected chi connectivity index (χ3v) is 2.98. The van der Waals surface area contributed by atoms with Gasteiger partial charge in [-0.3, -0.25) is 0 Å². The molecule has 0 saturated carbocycles. The van der Waals surface area contributed by atoms with Crippen LogP contribution in [0, 0.1) is 5.92 Å². The summed E-state index contributed by atoms with van der Waals surface area (Å²) >= 11 is 0. The van der Waals surface area contributed by atoms with Gasteiger partial charge in [-0.2, -0.15) is 0 Å². The molecule has 0 saturated heterocycles. The summed E-state index contributed by atoms with van der Waals surface area (Å²) in [6.07, 6.45) is 8.36. The molecule has 3 heteroatoms. The van der Waals surface area contributed by atoms with Crippen LogP contribution in [0.15, 0.2) is 18.3 Å². The number of nitrogens with one attached hydrogen (secondary N) is 1. The maximum atomic E-state index is 5.09. The molecule has 0 bridgehead atoms. The van der Waals surface area contributed by atoms with Crippen molar-refractivity contribution in [2.24, 2.45) is 5.92 Å². The number of aromatic nitrogens is 1.